The Hall–Kier alpha value is -1.79. The van der Waals surface area contributed by atoms with Gasteiger partial charge in [0.2, 0.25) is 0 Å². The lowest BCUT2D eigenvalue weighted by atomic mass is 10.1. The van der Waals surface area contributed by atoms with Crippen LogP contribution in [0.5, 0.6) is 5.75 Å². The first kappa shape index (κ1) is 16.3. The average molecular weight is 293 g/mol. The number of benzene rings is 1. The van der Waals surface area contributed by atoms with Gasteiger partial charge in [-0.15, -0.1) is 0 Å². The summed E-state index contributed by atoms with van der Waals surface area (Å²) in [5.41, 5.74) is 0.838. The summed E-state index contributed by atoms with van der Waals surface area (Å²) < 4.78 is 49.4. The first-order valence-corrected chi connectivity index (χ1v) is 5.98. The van der Waals surface area contributed by atoms with Gasteiger partial charge < -0.3 is 10.4 Å². The average Bonchev–Trinajstić information content (AvgIpc) is 2.37. The van der Waals surface area contributed by atoms with Crippen LogP contribution in [0.1, 0.15) is 18.9 Å². The first-order valence-electron chi connectivity index (χ1n) is 5.98. The molecule has 1 rings (SSSR count). The highest BCUT2D eigenvalue weighted by Gasteiger charge is 2.49. The van der Waals surface area contributed by atoms with Crippen molar-refractivity contribution in [2.24, 2.45) is 0 Å². The van der Waals surface area contributed by atoms with Crippen molar-refractivity contribution in [3.05, 3.63) is 29.8 Å². The van der Waals surface area contributed by atoms with Crippen LogP contribution in [0, 0.1) is 0 Å². The molecule has 0 spiro atoms. The maximum absolute atomic E-state index is 12.7. The lowest BCUT2D eigenvalue weighted by Gasteiger charge is -2.19. The molecule has 0 fully saturated rings. The zero-order chi connectivity index (χ0) is 15.3. The van der Waals surface area contributed by atoms with E-state index in [0.29, 0.717) is 12.8 Å². The minimum atomic E-state index is -4.67. The van der Waals surface area contributed by atoms with Gasteiger partial charge in [0.15, 0.2) is 0 Å². The van der Waals surface area contributed by atoms with Gasteiger partial charge in [0.25, 0.3) is 5.91 Å². The van der Waals surface area contributed by atoms with E-state index in [-0.39, 0.29) is 5.75 Å². The second-order valence-corrected chi connectivity index (χ2v) is 4.50. The summed E-state index contributed by atoms with van der Waals surface area (Å²) in [5.74, 6) is -6.54. The van der Waals surface area contributed by atoms with Crippen molar-refractivity contribution < 1.29 is 27.5 Å². The molecule has 1 atom stereocenters. The van der Waals surface area contributed by atoms with Gasteiger partial charge in [-0.2, -0.15) is 8.78 Å². The van der Waals surface area contributed by atoms with Crippen molar-refractivity contribution in [1.82, 2.24) is 5.32 Å². The van der Waals surface area contributed by atoms with Crippen molar-refractivity contribution in [2.45, 2.75) is 38.2 Å². The van der Waals surface area contributed by atoms with Crippen LogP contribution in [0.25, 0.3) is 0 Å². The van der Waals surface area contributed by atoms with Gasteiger partial charge in [0, 0.05) is 6.04 Å². The van der Waals surface area contributed by atoms with Gasteiger partial charge in [0.1, 0.15) is 5.75 Å². The molecule has 0 aliphatic rings. The number of alkyl halides is 4. The largest absolute Gasteiger partial charge is 0.508 e. The molecule has 0 aliphatic carbocycles. The smallest absolute Gasteiger partial charge is 0.383 e. The van der Waals surface area contributed by atoms with Gasteiger partial charge in [0.05, 0.1) is 0 Å². The number of nitrogens with one attached hydrogen (secondary N) is 1. The van der Waals surface area contributed by atoms with E-state index >= 15 is 0 Å². The normalized spacial score (nSPS) is 13.3. The minimum absolute atomic E-state index is 0.103. The SMILES string of the molecule is CC(CCc1ccc(O)cc1)NC(=O)C(F)(F)C(F)F. The molecule has 0 aliphatic heterocycles. The second-order valence-electron chi connectivity index (χ2n) is 4.50. The van der Waals surface area contributed by atoms with E-state index in [2.05, 4.69) is 0 Å². The number of carbonyl (C=O) groups excluding carboxylic acids is 1. The molecule has 1 unspecified atom stereocenters. The summed E-state index contributed by atoms with van der Waals surface area (Å²) in [7, 11) is 0. The third kappa shape index (κ3) is 4.40. The van der Waals surface area contributed by atoms with Crippen LogP contribution >= 0.6 is 0 Å². The number of hydrogen-bond donors (Lipinski definition) is 2. The number of phenols is 1. The van der Waals surface area contributed by atoms with Crippen LogP contribution in [0.2, 0.25) is 0 Å². The summed E-state index contributed by atoms with van der Waals surface area (Å²) in [6.07, 6.45) is -3.25. The van der Waals surface area contributed by atoms with Crippen LogP contribution in [0.4, 0.5) is 17.6 Å². The highest BCUT2D eigenvalue weighted by Crippen LogP contribution is 2.23. The number of amides is 1. The quantitative estimate of drug-likeness (QED) is 0.792. The molecule has 112 valence electrons. The number of rotatable bonds is 6. The van der Waals surface area contributed by atoms with E-state index in [9.17, 15) is 22.4 Å². The molecule has 0 bridgehead atoms. The van der Waals surface area contributed by atoms with E-state index in [4.69, 9.17) is 5.11 Å². The highest BCUT2D eigenvalue weighted by molar-refractivity contribution is 5.84. The highest BCUT2D eigenvalue weighted by atomic mass is 19.3. The Morgan fingerprint density at radius 3 is 2.35 bits per heavy atom. The van der Waals surface area contributed by atoms with Crippen LogP contribution in [-0.4, -0.2) is 29.4 Å². The van der Waals surface area contributed by atoms with Crippen LogP contribution in [0.15, 0.2) is 24.3 Å². The standard InChI is InChI=1S/C13H15F4NO2/c1-8(18-12(20)13(16,17)11(14)15)2-3-9-4-6-10(19)7-5-9/h4-8,11,19H,2-3H2,1H3,(H,18,20). The van der Waals surface area contributed by atoms with E-state index in [1.54, 1.807) is 12.1 Å². The maximum atomic E-state index is 12.7. The van der Waals surface area contributed by atoms with Crippen molar-refractivity contribution >= 4 is 5.91 Å². The number of hydrogen-bond acceptors (Lipinski definition) is 2. The molecule has 0 aromatic heterocycles. The Labute approximate surface area is 113 Å². The van der Waals surface area contributed by atoms with Gasteiger partial charge in [-0.3, -0.25) is 4.79 Å². The molecular formula is C13H15F4NO2. The lowest BCUT2D eigenvalue weighted by Crippen LogP contribution is -2.48. The molecule has 1 aromatic rings. The summed E-state index contributed by atoms with van der Waals surface area (Å²) in [4.78, 5) is 11.0. The Balaban J connectivity index is 2.46. The van der Waals surface area contributed by atoms with E-state index in [0.717, 1.165) is 5.56 Å². The molecule has 20 heavy (non-hydrogen) atoms. The Kier molecular flexibility index (Phi) is 5.35. The minimum Gasteiger partial charge on any atom is -0.508 e. The molecule has 7 heteroatoms. The predicted molar refractivity (Wildman–Crippen MR) is 65.0 cm³/mol. The number of aromatic hydroxyl groups is 1. The van der Waals surface area contributed by atoms with Gasteiger partial charge >= 0.3 is 12.3 Å². The molecule has 1 amide bonds. The number of aryl methyl sites for hydroxylation is 1. The topological polar surface area (TPSA) is 49.3 Å². The third-order valence-electron chi connectivity index (χ3n) is 2.76. The summed E-state index contributed by atoms with van der Waals surface area (Å²) >= 11 is 0. The zero-order valence-electron chi connectivity index (χ0n) is 10.7. The summed E-state index contributed by atoms with van der Waals surface area (Å²) in [6, 6.07) is 5.59. The van der Waals surface area contributed by atoms with E-state index in [1.807, 2.05) is 5.32 Å². The molecule has 1 aromatic carbocycles. The number of carbonyl (C=O) groups is 1. The molecule has 0 heterocycles. The van der Waals surface area contributed by atoms with E-state index in [1.165, 1.54) is 19.1 Å². The summed E-state index contributed by atoms with van der Waals surface area (Å²) in [6.45, 7) is 1.46. The van der Waals surface area contributed by atoms with Crippen molar-refractivity contribution in [1.29, 1.82) is 0 Å². The number of phenolic OH excluding ortho intramolecular Hbond substituents is 1. The van der Waals surface area contributed by atoms with Gasteiger partial charge in [-0.05, 0) is 37.5 Å². The zero-order valence-corrected chi connectivity index (χ0v) is 10.7. The van der Waals surface area contributed by atoms with Crippen LogP contribution < -0.4 is 5.32 Å². The molecule has 0 saturated carbocycles. The fourth-order valence-corrected chi connectivity index (χ4v) is 1.54. The molecule has 3 nitrogen and oxygen atoms in total. The fraction of sp³-hybridized carbons (Fsp3) is 0.462. The molecule has 0 radical (unpaired) electrons. The molecule has 2 N–H and O–H groups in total. The summed E-state index contributed by atoms with van der Waals surface area (Å²) in [5, 5.41) is 10.9. The Bertz CT molecular complexity index is 448. The van der Waals surface area contributed by atoms with Gasteiger partial charge in [-0.1, -0.05) is 12.1 Å². The van der Waals surface area contributed by atoms with Crippen molar-refractivity contribution in [3.8, 4) is 5.75 Å². The Morgan fingerprint density at radius 1 is 1.30 bits per heavy atom. The molecule has 0 saturated heterocycles. The van der Waals surface area contributed by atoms with Crippen molar-refractivity contribution in [2.75, 3.05) is 0 Å². The fourth-order valence-electron chi connectivity index (χ4n) is 1.54. The van der Waals surface area contributed by atoms with Crippen LogP contribution in [0.3, 0.4) is 0 Å². The number of halogens is 4. The predicted octanol–water partition coefficient (Wildman–Crippen LogP) is 2.73. The third-order valence-corrected chi connectivity index (χ3v) is 2.76. The first-order chi connectivity index (χ1) is 9.23. The van der Waals surface area contributed by atoms with Crippen molar-refractivity contribution in [3.63, 3.8) is 0 Å². The monoisotopic (exact) mass is 293 g/mol. The van der Waals surface area contributed by atoms with Crippen LogP contribution in [-0.2, 0) is 11.2 Å². The maximum Gasteiger partial charge on any atom is 0.383 e. The van der Waals surface area contributed by atoms with Gasteiger partial charge in [-0.25, -0.2) is 8.78 Å². The molecular weight excluding hydrogens is 278 g/mol. The van der Waals surface area contributed by atoms with E-state index < -0.39 is 24.3 Å². The second kappa shape index (κ2) is 6.58. The Morgan fingerprint density at radius 2 is 1.85 bits per heavy atom. The lowest BCUT2D eigenvalue weighted by molar-refractivity contribution is -0.170.